The zero-order valence-corrected chi connectivity index (χ0v) is 17.2. The molecule has 1 aromatic rings. The number of anilines is 1. The number of hydrogen-bond donors (Lipinski definition) is 2. The van der Waals surface area contributed by atoms with Gasteiger partial charge in [-0.2, -0.15) is 0 Å². The smallest absolute Gasteiger partial charge is 0.191 e. The first-order chi connectivity index (χ1) is 11.2. The van der Waals surface area contributed by atoms with E-state index in [-0.39, 0.29) is 24.0 Å². The van der Waals surface area contributed by atoms with Crippen molar-refractivity contribution in [1.82, 2.24) is 15.6 Å². The summed E-state index contributed by atoms with van der Waals surface area (Å²) in [5.41, 5.74) is 1.15. The zero-order chi connectivity index (χ0) is 16.5. The number of guanidine groups is 1. The number of aromatic nitrogens is 1. The lowest BCUT2D eigenvalue weighted by Crippen LogP contribution is -2.38. The lowest BCUT2D eigenvalue weighted by Gasteiger charge is -2.31. The van der Waals surface area contributed by atoms with Crippen LogP contribution in [0.1, 0.15) is 25.3 Å². The van der Waals surface area contributed by atoms with Gasteiger partial charge in [-0.15, -0.1) is 24.0 Å². The van der Waals surface area contributed by atoms with Gasteiger partial charge in [-0.3, -0.25) is 4.99 Å². The van der Waals surface area contributed by atoms with E-state index in [4.69, 9.17) is 4.74 Å². The highest BCUT2D eigenvalue weighted by atomic mass is 127. The van der Waals surface area contributed by atoms with Crippen molar-refractivity contribution in [2.24, 2.45) is 10.9 Å². The Morgan fingerprint density at radius 1 is 1.33 bits per heavy atom. The molecule has 0 amide bonds. The third-order valence-corrected chi connectivity index (χ3v) is 4.20. The van der Waals surface area contributed by atoms with E-state index in [1.807, 2.05) is 6.20 Å². The number of hydrogen-bond acceptors (Lipinski definition) is 4. The molecule has 0 aromatic carbocycles. The van der Waals surface area contributed by atoms with Crippen molar-refractivity contribution in [3.63, 3.8) is 0 Å². The van der Waals surface area contributed by atoms with Crippen LogP contribution in [0, 0.1) is 5.92 Å². The highest BCUT2D eigenvalue weighted by Gasteiger charge is 2.16. The molecule has 6 nitrogen and oxygen atoms in total. The molecule has 7 heteroatoms. The van der Waals surface area contributed by atoms with Crippen LogP contribution in [-0.4, -0.2) is 51.3 Å². The van der Waals surface area contributed by atoms with Crippen LogP contribution < -0.4 is 15.5 Å². The van der Waals surface area contributed by atoms with Crippen molar-refractivity contribution < 1.29 is 4.74 Å². The average Bonchev–Trinajstić information content (AvgIpc) is 2.59. The second-order valence-electron chi connectivity index (χ2n) is 6.04. The van der Waals surface area contributed by atoms with Gasteiger partial charge in [0.25, 0.3) is 0 Å². The Labute approximate surface area is 162 Å². The Balaban J connectivity index is 0.00000288. The van der Waals surface area contributed by atoms with Crippen molar-refractivity contribution in [3.05, 3.63) is 23.9 Å². The van der Waals surface area contributed by atoms with Gasteiger partial charge < -0.3 is 20.3 Å². The summed E-state index contributed by atoms with van der Waals surface area (Å²) < 4.78 is 5.02. The maximum atomic E-state index is 5.02. The van der Waals surface area contributed by atoms with Gasteiger partial charge >= 0.3 is 0 Å². The minimum Gasteiger partial charge on any atom is -0.383 e. The van der Waals surface area contributed by atoms with E-state index >= 15 is 0 Å². The van der Waals surface area contributed by atoms with Crippen molar-refractivity contribution in [2.75, 3.05) is 45.3 Å². The Hall–Kier alpha value is -1.09. The molecular formula is C17H30IN5O. The van der Waals surface area contributed by atoms with Gasteiger partial charge in [0.05, 0.1) is 6.61 Å². The van der Waals surface area contributed by atoms with Gasteiger partial charge in [-0.1, -0.05) is 13.0 Å². The SMILES string of the molecule is CN=C(NCCOC)NCc1ccc(N2CCC(C)CC2)nc1.I. The summed E-state index contributed by atoms with van der Waals surface area (Å²) in [4.78, 5) is 11.2. The number of pyridine rings is 1. The van der Waals surface area contributed by atoms with Crippen LogP contribution in [0.5, 0.6) is 0 Å². The van der Waals surface area contributed by atoms with Crippen LogP contribution in [0.2, 0.25) is 0 Å². The molecule has 1 fully saturated rings. The molecule has 1 aliphatic heterocycles. The Morgan fingerprint density at radius 3 is 2.67 bits per heavy atom. The van der Waals surface area contributed by atoms with E-state index in [0.717, 1.165) is 42.9 Å². The molecule has 1 aromatic heterocycles. The Bertz CT molecular complexity index is 486. The largest absolute Gasteiger partial charge is 0.383 e. The van der Waals surface area contributed by atoms with E-state index < -0.39 is 0 Å². The van der Waals surface area contributed by atoms with Gasteiger partial charge in [0.15, 0.2) is 5.96 Å². The summed E-state index contributed by atoms with van der Waals surface area (Å²) >= 11 is 0. The second kappa shape index (κ2) is 11.5. The summed E-state index contributed by atoms with van der Waals surface area (Å²) in [5, 5.41) is 6.47. The maximum Gasteiger partial charge on any atom is 0.191 e. The molecule has 0 radical (unpaired) electrons. The predicted molar refractivity (Wildman–Crippen MR) is 110 cm³/mol. The van der Waals surface area contributed by atoms with Crippen molar-refractivity contribution in [1.29, 1.82) is 0 Å². The van der Waals surface area contributed by atoms with Gasteiger partial charge in [-0.05, 0) is 30.4 Å². The normalized spacial score (nSPS) is 15.8. The molecule has 2 heterocycles. The van der Waals surface area contributed by atoms with Crippen LogP contribution in [0.3, 0.4) is 0 Å². The first-order valence-corrected chi connectivity index (χ1v) is 8.36. The monoisotopic (exact) mass is 447 g/mol. The predicted octanol–water partition coefficient (Wildman–Crippen LogP) is 2.25. The van der Waals surface area contributed by atoms with Crippen LogP contribution >= 0.6 is 24.0 Å². The molecule has 2 rings (SSSR count). The summed E-state index contributed by atoms with van der Waals surface area (Å²) in [6.07, 6.45) is 4.46. The number of nitrogens with zero attached hydrogens (tertiary/aromatic N) is 3. The quantitative estimate of drug-likeness (QED) is 0.303. The highest BCUT2D eigenvalue weighted by molar-refractivity contribution is 14.0. The number of methoxy groups -OCH3 is 1. The number of ether oxygens (including phenoxy) is 1. The molecule has 24 heavy (non-hydrogen) atoms. The minimum absolute atomic E-state index is 0. The van der Waals surface area contributed by atoms with E-state index in [1.165, 1.54) is 12.8 Å². The van der Waals surface area contributed by atoms with E-state index in [1.54, 1.807) is 14.2 Å². The first kappa shape index (κ1) is 21.0. The average molecular weight is 447 g/mol. The van der Waals surface area contributed by atoms with Crippen LogP contribution in [0.25, 0.3) is 0 Å². The van der Waals surface area contributed by atoms with Crippen molar-refractivity contribution >= 4 is 35.8 Å². The van der Waals surface area contributed by atoms with E-state index in [2.05, 4.69) is 44.6 Å². The van der Waals surface area contributed by atoms with Crippen LogP contribution in [-0.2, 0) is 11.3 Å². The van der Waals surface area contributed by atoms with Gasteiger partial charge in [0.1, 0.15) is 5.82 Å². The number of piperidine rings is 1. The summed E-state index contributed by atoms with van der Waals surface area (Å²) in [7, 11) is 3.45. The zero-order valence-electron chi connectivity index (χ0n) is 14.9. The molecule has 0 saturated carbocycles. The van der Waals surface area contributed by atoms with Crippen LogP contribution in [0.15, 0.2) is 23.3 Å². The molecule has 1 saturated heterocycles. The fraction of sp³-hybridized carbons (Fsp3) is 0.647. The third-order valence-electron chi connectivity index (χ3n) is 4.20. The second-order valence-corrected chi connectivity index (χ2v) is 6.04. The molecule has 0 unspecified atom stereocenters. The molecule has 0 bridgehead atoms. The van der Waals surface area contributed by atoms with Crippen molar-refractivity contribution in [2.45, 2.75) is 26.3 Å². The summed E-state index contributed by atoms with van der Waals surface area (Å²) in [5.74, 6) is 2.70. The summed E-state index contributed by atoms with van der Waals surface area (Å²) in [6, 6.07) is 4.25. The van der Waals surface area contributed by atoms with Gasteiger partial charge in [-0.25, -0.2) is 4.98 Å². The van der Waals surface area contributed by atoms with Crippen LogP contribution in [0.4, 0.5) is 5.82 Å². The molecule has 0 spiro atoms. The minimum atomic E-state index is 0. The fourth-order valence-electron chi connectivity index (χ4n) is 2.62. The standard InChI is InChI=1S/C17H29N5O.HI/c1-14-6-9-22(10-7-14)16-5-4-15(12-20-16)13-21-17(18-2)19-8-11-23-3;/h4-5,12,14H,6-11,13H2,1-3H3,(H2,18,19,21);1H. The molecule has 0 aliphatic carbocycles. The number of rotatable bonds is 6. The van der Waals surface area contributed by atoms with E-state index in [9.17, 15) is 0 Å². The lowest BCUT2D eigenvalue weighted by molar-refractivity contribution is 0.203. The molecule has 1 aliphatic rings. The highest BCUT2D eigenvalue weighted by Crippen LogP contribution is 2.21. The van der Waals surface area contributed by atoms with Gasteiger partial charge in [0.2, 0.25) is 0 Å². The third kappa shape index (κ3) is 6.80. The topological polar surface area (TPSA) is 61.8 Å². The molecular weight excluding hydrogens is 417 g/mol. The molecule has 2 N–H and O–H groups in total. The number of nitrogens with one attached hydrogen (secondary N) is 2. The molecule has 136 valence electrons. The summed E-state index contributed by atoms with van der Waals surface area (Å²) in [6.45, 7) is 6.65. The Kier molecular flexibility index (Phi) is 10.0. The van der Waals surface area contributed by atoms with Gasteiger partial charge in [0, 0.05) is 46.5 Å². The number of aliphatic imine (C=N–C) groups is 1. The number of halogens is 1. The van der Waals surface area contributed by atoms with Crippen molar-refractivity contribution in [3.8, 4) is 0 Å². The maximum absolute atomic E-state index is 5.02. The first-order valence-electron chi connectivity index (χ1n) is 8.36. The lowest BCUT2D eigenvalue weighted by atomic mass is 9.99. The molecule has 0 atom stereocenters. The fourth-order valence-corrected chi connectivity index (χ4v) is 2.62. The Morgan fingerprint density at radius 2 is 2.08 bits per heavy atom. The van der Waals surface area contributed by atoms with E-state index in [0.29, 0.717) is 13.2 Å².